The number of hydrogen-bond acceptors (Lipinski definition) is 5. The fourth-order valence-corrected chi connectivity index (χ4v) is 2.58. The van der Waals surface area contributed by atoms with E-state index >= 15 is 0 Å². The van der Waals surface area contributed by atoms with Crippen LogP contribution in [0.25, 0.3) is 0 Å². The van der Waals surface area contributed by atoms with E-state index in [-0.39, 0.29) is 18.1 Å². The van der Waals surface area contributed by atoms with Gasteiger partial charge in [0.1, 0.15) is 17.5 Å². The van der Waals surface area contributed by atoms with Crippen LogP contribution >= 0.6 is 15.9 Å². The molecule has 1 aromatic carbocycles. The third-order valence-electron chi connectivity index (χ3n) is 3.62. The van der Waals surface area contributed by atoms with Gasteiger partial charge >= 0.3 is 6.09 Å². The third kappa shape index (κ3) is 6.49. The summed E-state index contributed by atoms with van der Waals surface area (Å²) in [6, 6.07) is 7.20. The van der Waals surface area contributed by atoms with E-state index in [0.29, 0.717) is 25.3 Å². The first-order valence-corrected chi connectivity index (χ1v) is 9.29. The van der Waals surface area contributed by atoms with Gasteiger partial charge in [0.15, 0.2) is 6.10 Å². The lowest BCUT2D eigenvalue weighted by atomic mass is 10.2. The number of rotatable bonds is 5. The molecule has 2 rings (SSSR count). The highest BCUT2D eigenvalue weighted by Gasteiger charge is 2.31. The number of carbonyl (C=O) groups is 2. The Morgan fingerprint density at radius 3 is 2.54 bits per heavy atom. The minimum absolute atomic E-state index is 0.272. The molecule has 1 heterocycles. The molecule has 0 aliphatic carbocycles. The second-order valence-corrected chi connectivity index (χ2v) is 8.05. The lowest BCUT2D eigenvalue weighted by Gasteiger charge is -2.24. The Morgan fingerprint density at radius 1 is 1.27 bits per heavy atom. The number of hydrogen-bond donors (Lipinski definition) is 1. The summed E-state index contributed by atoms with van der Waals surface area (Å²) >= 11 is 3.34. The van der Waals surface area contributed by atoms with Crippen LogP contribution in [-0.4, -0.2) is 47.8 Å². The van der Waals surface area contributed by atoms with E-state index in [4.69, 9.17) is 14.3 Å². The molecular weight excluding hydrogens is 404 g/mol. The topological polar surface area (TPSA) is 77.1 Å². The molecule has 0 aromatic heterocycles. The van der Waals surface area contributed by atoms with E-state index in [2.05, 4.69) is 21.4 Å². The fourth-order valence-electron chi connectivity index (χ4n) is 2.31. The maximum Gasteiger partial charge on any atom is 0.410 e. The van der Waals surface area contributed by atoms with E-state index in [1.165, 1.54) is 0 Å². The Kier molecular flexibility index (Phi) is 6.88. The van der Waals surface area contributed by atoms with Crippen LogP contribution in [0.3, 0.4) is 0 Å². The zero-order valence-corrected chi connectivity index (χ0v) is 17.0. The molecule has 2 amide bonds. The summed E-state index contributed by atoms with van der Waals surface area (Å²) in [5.41, 5.74) is 1.87. The van der Waals surface area contributed by atoms with Gasteiger partial charge in [-0.1, -0.05) is 15.9 Å². The second-order valence-electron chi connectivity index (χ2n) is 7.14. The first-order chi connectivity index (χ1) is 12.1. The molecule has 1 aliphatic rings. The van der Waals surface area contributed by atoms with Crippen molar-refractivity contribution in [3.05, 3.63) is 28.7 Å². The van der Waals surface area contributed by atoms with E-state index in [0.717, 1.165) is 4.47 Å². The highest BCUT2D eigenvalue weighted by atomic mass is 79.9. The van der Waals surface area contributed by atoms with Gasteiger partial charge in [-0.3, -0.25) is 9.63 Å². The van der Waals surface area contributed by atoms with Crippen LogP contribution in [0, 0.1) is 0 Å². The van der Waals surface area contributed by atoms with Crippen molar-refractivity contribution in [3.8, 4) is 5.75 Å². The Labute approximate surface area is 162 Å². The van der Waals surface area contributed by atoms with E-state index in [9.17, 15) is 9.59 Å². The largest absolute Gasteiger partial charge is 0.481 e. The van der Waals surface area contributed by atoms with Crippen LogP contribution in [0.2, 0.25) is 0 Å². The van der Waals surface area contributed by atoms with Crippen LogP contribution in [0.4, 0.5) is 4.79 Å². The number of carbonyl (C=O) groups excluding carboxylic acids is 2. The Bertz CT molecular complexity index is 629. The number of likely N-dealkylation sites (tertiary alicyclic amines) is 1. The molecule has 1 aromatic rings. The highest BCUT2D eigenvalue weighted by Crippen LogP contribution is 2.18. The molecule has 7 nitrogen and oxygen atoms in total. The third-order valence-corrected chi connectivity index (χ3v) is 4.15. The van der Waals surface area contributed by atoms with Crippen LogP contribution in [-0.2, 0) is 14.4 Å². The molecule has 1 N–H and O–H groups in total. The lowest BCUT2D eigenvalue weighted by molar-refractivity contribution is -0.144. The van der Waals surface area contributed by atoms with Crippen molar-refractivity contribution in [2.24, 2.45) is 0 Å². The minimum atomic E-state index is -0.709. The number of nitrogens with zero attached hydrogens (tertiary/aromatic N) is 1. The van der Waals surface area contributed by atoms with Crippen molar-refractivity contribution in [3.63, 3.8) is 0 Å². The van der Waals surface area contributed by atoms with Crippen molar-refractivity contribution in [2.75, 3.05) is 13.1 Å². The SMILES string of the molecule is CC(Oc1ccc(Br)cc1)C(=O)NOC1CCN(C(=O)OC(C)(C)C)C1. The summed E-state index contributed by atoms with van der Waals surface area (Å²) in [7, 11) is 0. The first-order valence-electron chi connectivity index (χ1n) is 8.50. The number of nitrogens with one attached hydrogen (secondary N) is 1. The van der Waals surface area contributed by atoms with Crippen LogP contribution in [0.5, 0.6) is 5.75 Å². The second kappa shape index (κ2) is 8.73. The molecule has 26 heavy (non-hydrogen) atoms. The van der Waals surface area contributed by atoms with Gasteiger partial charge in [0.25, 0.3) is 5.91 Å². The summed E-state index contributed by atoms with van der Waals surface area (Å²) < 4.78 is 11.8. The molecule has 2 unspecified atom stereocenters. The summed E-state index contributed by atoms with van der Waals surface area (Å²) in [5.74, 6) is 0.205. The van der Waals surface area contributed by atoms with Gasteiger partial charge in [-0.05, 0) is 58.4 Å². The predicted octanol–water partition coefficient (Wildman–Crippen LogP) is 3.27. The summed E-state index contributed by atoms with van der Waals surface area (Å²) in [6.07, 6.45) is -0.727. The van der Waals surface area contributed by atoms with Crippen LogP contribution in [0.1, 0.15) is 34.1 Å². The normalized spacial score (nSPS) is 18.3. The number of halogens is 1. The predicted molar refractivity (Wildman–Crippen MR) is 99.7 cm³/mol. The van der Waals surface area contributed by atoms with Crippen molar-refractivity contribution in [2.45, 2.75) is 51.9 Å². The summed E-state index contributed by atoms with van der Waals surface area (Å²) in [5, 5.41) is 0. The molecule has 0 radical (unpaired) electrons. The number of hydroxylamine groups is 1. The van der Waals surface area contributed by atoms with E-state index < -0.39 is 11.7 Å². The Balaban J connectivity index is 1.74. The molecule has 1 saturated heterocycles. The quantitative estimate of drug-likeness (QED) is 0.728. The molecule has 0 bridgehead atoms. The van der Waals surface area contributed by atoms with Gasteiger partial charge in [0.05, 0.1) is 6.54 Å². The number of ether oxygens (including phenoxy) is 2. The van der Waals surface area contributed by atoms with Gasteiger partial charge in [-0.15, -0.1) is 0 Å². The molecular formula is C18H25BrN2O5. The summed E-state index contributed by atoms with van der Waals surface area (Å²) in [6.45, 7) is 8.01. The zero-order valence-electron chi connectivity index (χ0n) is 15.5. The number of amides is 2. The summed E-state index contributed by atoms with van der Waals surface area (Å²) in [4.78, 5) is 31.1. The van der Waals surface area contributed by atoms with Crippen molar-refractivity contribution >= 4 is 27.9 Å². The molecule has 2 atom stereocenters. The molecule has 144 valence electrons. The first kappa shape index (κ1) is 20.5. The highest BCUT2D eigenvalue weighted by molar-refractivity contribution is 9.10. The minimum Gasteiger partial charge on any atom is -0.481 e. The van der Waals surface area contributed by atoms with Gasteiger partial charge in [-0.25, -0.2) is 10.3 Å². The van der Waals surface area contributed by atoms with Gasteiger partial charge in [0, 0.05) is 11.0 Å². The van der Waals surface area contributed by atoms with Gasteiger partial charge < -0.3 is 14.4 Å². The standard InChI is InChI=1S/C18H25BrN2O5/c1-12(24-14-7-5-13(19)6-8-14)16(22)20-26-15-9-10-21(11-15)17(23)25-18(2,3)4/h5-8,12,15H,9-11H2,1-4H3,(H,20,22). The van der Waals surface area contributed by atoms with E-state index in [1.54, 1.807) is 24.0 Å². The average Bonchev–Trinajstić information content (AvgIpc) is 3.02. The molecule has 8 heteroatoms. The van der Waals surface area contributed by atoms with Gasteiger partial charge in [0.2, 0.25) is 0 Å². The van der Waals surface area contributed by atoms with E-state index in [1.807, 2.05) is 32.9 Å². The molecule has 0 saturated carbocycles. The maximum absolute atomic E-state index is 12.1. The monoisotopic (exact) mass is 428 g/mol. The van der Waals surface area contributed by atoms with Crippen molar-refractivity contribution < 1.29 is 23.9 Å². The zero-order chi connectivity index (χ0) is 19.3. The molecule has 0 spiro atoms. The fraction of sp³-hybridized carbons (Fsp3) is 0.556. The molecule has 1 fully saturated rings. The van der Waals surface area contributed by atoms with Gasteiger partial charge in [-0.2, -0.15) is 0 Å². The Hall–Kier alpha value is -1.80. The van der Waals surface area contributed by atoms with Crippen molar-refractivity contribution in [1.29, 1.82) is 0 Å². The average molecular weight is 429 g/mol. The maximum atomic E-state index is 12.1. The lowest BCUT2D eigenvalue weighted by Crippen LogP contribution is -2.40. The van der Waals surface area contributed by atoms with Crippen LogP contribution in [0.15, 0.2) is 28.7 Å². The molecule has 1 aliphatic heterocycles. The smallest absolute Gasteiger partial charge is 0.410 e. The van der Waals surface area contributed by atoms with Crippen molar-refractivity contribution in [1.82, 2.24) is 10.4 Å². The Morgan fingerprint density at radius 2 is 1.92 bits per heavy atom. The number of benzene rings is 1. The van der Waals surface area contributed by atoms with Crippen LogP contribution < -0.4 is 10.2 Å².